The molecule has 0 aromatic heterocycles. The third-order valence-electron chi connectivity index (χ3n) is 3.75. The van der Waals surface area contributed by atoms with Gasteiger partial charge in [-0.2, -0.15) is 5.26 Å². The summed E-state index contributed by atoms with van der Waals surface area (Å²) in [6.07, 6.45) is 1.60. The maximum atomic E-state index is 12.7. The first kappa shape index (κ1) is 12.3. The highest BCUT2D eigenvalue weighted by molar-refractivity contribution is 5.80. The lowest BCUT2D eigenvalue weighted by Crippen LogP contribution is -2.49. The van der Waals surface area contributed by atoms with Crippen molar-refractivity contribution in [3.63, 3.8) is 0 Å². The van der Waals surface area contributed by atoms with Gasteiger partial charge in [-0.3, -0.25) is 4.79 Å². The number of rotatable bonds is 2. The molecule has 1 aliphatic heterocycles. The lowest BCUT2D eigenvalue weighted by molar-refractivity contribution is -0.161. The van der Waals surface area contributed by atoms with Crippen molar-refractivity contribution in [2.45, 2.75) is 38.0 Å². The Bertz CT molecular complexity index is 335. The van der Waals surface area contributed by atoms with Crippen LogP contribution in [-0.2, 0) is 4.79 Å². The van der Waals surface area contributed by atoms with Crippen LogP contribution in [-0.4, -0.2) is 29.8 Å². The number of hydrogen-bond donors (Lipinski definition) is 0. The molecule has 2 fully saturated rings. The number of carbonyl (C=O) groups excluding carboxylic acids is 1. The molecule has 94 valence electrons. The zero-order valence-electron chi connectivity index (χ0n) is 9.66. The van der Waals surface area contributed by atoms with Crippen molar-refractivity contribution in [2.75, 3.05) is 13.1 Å². The third-order valence-corrected chi connectivity index (χ3v) is 3.75. The number of halogens is 2. The molecule has 0 spiro atoms. The van der Waals surface area contributed by atoms with Crippen LogP contribution < -0.4 is 0 Å². The van der Waals surface area contributed by atoms with E-state index in [0.717, 1.165) is 12.8 Å². The molecule has 5 heteroatoms. The second-order valence-electron chi connectivity index (χ2n) is 5.09. The van der Waals surface area contributed by atoms with Gasteiger partial charge in [0, 0.05) is 38.3 Å². The van der Waals surface area contributed by atoms with Gasteiger partial charge in [-0.05, 0) is 18.8 Å². The predicted octanol–water partition coefficient (Wildman–Crippen LogP) is 2.18. The van der Waals surface area contributed by atoms with Gasteiger partial charge in [0.2, 0.25) is 11.8 Å². The van der Waals surface area contributed by atoms with E-state index in [2.05, 4.69) is 6.07 Å². The Labute approximate surface area is 99.4 Å². The summed E-state index contributed by atoms with van der Waals surface area (Å²) < 4.78 is 25.3. The van der Waals surface area contributed by atoms with Crippen molar-refractivity contribution in [2.24, 2.45) is 11.8 Å². The van der Waals surface area contributed by atoms with Crippen molar-refractivity contribution in [1.82, 2.24) is 4.90 Å². The molecule has 0 atom stereocenters. The van der Waals surface area contributed by atoms with Crippen LogP contribution in [0.3, 0.4) is 0 Å². The molecule has 1 saturated heterocycles. The van der Waals surface area contributed by atoms with E-state index >= 15 is 0 Å². The minimum Gasteiger partial charge on any atom is -0.342 e. The number of amides is 1. The lowest BCUT2D eigenvalue weighted by atomic mass is 9.80. The third kappa shape index (κ3) is 2.74. The number of carbonyl (C=O) groups is 1. The Balaban J connectivity index is 1.78. The quantitative estimate of drug-likeness (QED) is 0.745. The molecular weight excluding hydrogens is 226 g/mol. The van der Waals surface area contributed by atoms with Crippen molar-refractivity contribution in [3.8, 4) is 6.07 Å². The summed E-state index contributed by atoms with van der Waals surface area (Å²) in [6.45, 7) is 1.24. The number of likely N-dealkylation sites (tertiary alicyclic amines) is 1. The molecule has 1 saturated carbocycles. The number of piperidine rings is 1. The molecule has 0 bridgehead atoms. The standard InChI is InChI=1S/C12H16F2N2O/c13-12(14)7-10(8-12)11(17)16-5-2-9(1-4-15)3-6-16/h9-10H,1-3,5-8H2. The van der Waals surface area contributed by atoms with Crippen LogP contribution in [0.5, 0.6) is 0 Å². The average molecular weight is 242 g/mol. The average Bonchev–Trinajstić information content (AvgIpc) is 2.26. The number of nitrogens with zero attached hydrogens (tertiary/aromatic N) is 2. The molecular formula is C12H16F2N2O. The van der Waals surface area contributed by atoms with Crippen LogP contribution in [0.1, 0.15) is 32.1 Å². The minimum absolute atomic E-state index is 0.119. The smallest absolute Gasteiger partial charge is 0.249 e. The van der Waals surface area contributed by atoms with Gasteiger partial charge in [-0.1, -0.05) is 0 Å². The van der Waals surface area contributed by atoms with Gasteiger partial charge in [0.25, 0.3) is 0 Å². The Kier molecular flexibility index (Phi) is 3.32. The van der Waals surface area contributed by atoms with E-state index in [1.165, 1.54) is 0 Å². The van der Waals surface area contributed by atoms with Crippen LogP contribution in [0.4, 0.5) is 8.78 Å². The first-order chi connectivity index (χ1) is 8.02. The summed E-state index contributed by atoms with van der Waals surface area (Å²) in [5.41, 5.74) is 0. The highest BCUT2D eigenvalue weighted by Gasteiger charge is 2.49. The molecule has 2 rings (SSSR count). The van der Waals surface area contributed by atoms with E-state index in [0.29, 0.717) is 25.4 Å². The second-order valence-corrected chi connectivity index (χ2v) is 5.09. The van der Waals surface area contributed by atoms with Crippen LogP contribution in [0.15, 0.2) is 0 Å². The Hall–Kier alpha value is -1.18. The summed E-state index contributed by atoms with van der Waals surface area (Å²) >= 11 is 0. The van der Waals surface area contributed by atoms with Gasteiger partial charge >= 0.3 is 0 Å². The molecule has 1 heterocycles. The molecule has 0 aromatic carbocycles. The van der Waals surface area contributed by atoms with Crippen LogP contribution >= 0.6 is 0 Å². The van der Waals surface area contributed by atoms with E-state index in [4.69, 9.17) is 5.26 Å². The molecule has 0 radical (unpaired) electrons. The highest BCUT2D eigenvalue weighted by Crippen LogP contribution is 2.43. The van der Waals surface area contributed by atoms with Gasteiger partial charge in [-0.15, -0.1) is 0 Å². The fourth-order valence-electron chi connectivity index (χ4n) is 2.58. The number of alkyl halides is 2. The van der Waals surface area contributed by atoms with E-state index in [1.54, 1.807) is 4.90 Å². The van der Waals surface area contributed by atoms with Crippen LogP contribution in [0, 0.1) is 23.2 Å². The lowest BCUT2D eigenvalue weighted by Gasteiger charge is -2.39. The molecule has 3 nitrogen and oxygen atoms in total. The molecule has 0 N–H and O–H groups in total. The fraction of sp³-hybridized carbons (Fsp3) is 0.833. The molecule has 0 unspecified atom stereocenters. The normalized spacial score (nSPS) is 25.1. The van der Waals surface area contributed by atoms with E-state index in [-0.39, 0.29) is 18.7 Å². The van der Waals surface area contributed by atoms with E-state index < -0.39 is 11.8 Å². The molecule has 0 aromatic rings. The summed E-state index contributed by atoms with van der Waals surface area (Å²) in [6, 6.07) is 2.13. The predicted molar refractivity (Wildman–Crippen MR) is 57.2 cm³/mol. The molecule has 1 amide bonds. The minimum atomic E-state index is -2.63. The van der Waals surface area contributed by atoms with Crippen molar-refractivity contribution < 1.29 is 13.6 Å². The van der Waals surface area contributed by atoms with Gasteiger partial charge in [0.1, 0.15) is 0 Å². The first-order valence-corrected chi connectivity index (χ1v) is 6.05. The molecule has 1 aliphatic carbocycles. The Morgan fingerprint density at radius 1 is 1.35 bits per heavy atom. The van der Waals surface area contributed by atoms with Crippen molar-refractivity contribution >= 4 is 5.91 Å². The van der Waals surface area contributed by atoms with E-state index in [1.807, 2.05) is 0 Å². The first-order valence-electron chi connectivity index (χ1n) is 6.05. The van der Waals surface area contributed by atoms with Crippen LogP contribution in [0.25, 0.3) is 0 Å². The highest BCUT2D eigenvalue weighted by atomic mass is 19.3. The number of hydrogen-bond acceptors (Lipinski definition) is 2. The maximum Gasteiger partial charge on any atom is 0.249 e. The number of nitriles is 1. The monoisotopic (exact) mass is 242 g/mol. The zero-order chi connectivity index (χ0) is 12.5. The SMILES string of the molecule is N#CCC1CCN(C(=O)C2CC(F)(F)C2)CC1. The summed E-state index contributed by atoms with van der Waals surface area (Å²) in [5.74, 6) is -2.85. The van der Waals surface area contributed by atoms with Gasteiger partial charge < -0.3 is 4.90 Å². The van der Waals surface area contributed by atoms with Gasteiger partial charge in [0.15, 0.2) is 0 Å². The Morgan fingerprint density at radius 3 is 2.41 bits per heavy atom. The van der Waals surface area contributed by atoms with Gasteiger partial charge in [0.05, 0.1) is 6.07 Å². The van der Waals surface area contributed by atoms with Gasteiger partial charge in [-0.25, -0.2) is 8.78 Å². The van der Waals surface area contributed by atoms with Crippen molar-refractivity contribution in [1.29, 1.82) is 5.26 Å². The zero-order valence-corrected chi connectivity index (χ0v) is 9.66. The molecule has 17 heavy (non-hydrogen) atoms. The second kappa shape index (κ2) is 4.59. The molecule has 2 aliphatic rings. The summed E-state index contributed by atoms with van der Waals surface area (Å²) in [7, 11) is 0. The Morgan fingerprint density at radius 2 is 1.94 bits per heavy atom. The van der Waals surface area contributed by atoms with Crippen LogP contribution in [0.2, 0.25) is 0 Å². The van der Waals surface area contributed by atoms with Crippen molar-refractivity contribution in [3.05, 3.63) is 0 Å². The summed E-state index contributed by atoms with van der Waals surface area (Å²) in [4.78, 5) is 13.5. The topological polar surface area (TPSA) is 44.1 Å². The maximum absolute atomic E-state index is 12.7. The fourth-order valence-corrected chi connectivity index (χ4v) is 2.58. The largest absolute Gasteiger partial charge is 0.342 e. The van der Waals surface area contributed by atoms with E-state index in [9.17, 15) is 13.6 Å². The summed E-state index contributed by atoms with van der Waals surface area (Å²) in [5, 5.41) is 8.57.